The fourth-order valence-electron chi connectivity index (χ4n) is 1.65. The van der Waals surface area contributed by atoms with Crippen molar-refractivity contribution in [1.82, 2.24) is 4.98 Å². The van der Waals surface area contributed by atoms with Gasteiger partial charge in [0.15, 0.2) is 0 Å². The largest absolute Gasteiger partial charge is 0.384 e. The Hall–Kier alpha value is -1.33. The average Bonchev–Trinajstić information content (AvgIpc) is 2.39. The Morgan fingerprint density at radius 1 is 1.42 bits per heavy atom. The number of nitrogens with one attached hydrogen (secondary N) is 1. The van der Waals surface area contributed by atoms with Gasteiger partial charge in [-0.2, -0.15) is 0 Å². The van der Waals surface area contributed by atoms with E-state index in [1.807, 2.05) is 37.3 Å². The number of pyridine rings is 1. The normalized spacial score (nSPS) is 10.4. The predicted molar refractivity (Wildman–Crippen MR) is 83.7 cm³/mol. The van der Waals surface area contributed by atoms with E-state index < -0.39 is 0 Å². The zero-order chi connectivity index (χ0) is 13.8. The summed E-state index contributed by atoms with van der Waals surface area (Å²) >= 11 is 5.18. The van der Waals surface area contributed by atoms with Crippen molar-refractivity contribution in [1.29, 1.82) is 5.41 Å². The van der Waals surface area contributed by atoms with Crippen molar-refractivity contribution in [3.05, 3.63) is 57.7 Å². The number of benzene rings is 1. The summed E-state index contributed by atoms with van der Waals surface area (Å²) in [6, 6.07) is 9.75. The lowest BCUT2D eigenvalue weighted by Crippen LogP contribution is -2.11. The van der Waals surface area contributed by atoms with Crippen molar-refractivity contribution in [2.75, 3.05) is 0 Å². The predicted octanol–water partition coefficient (Wildman–Crippen LogP) is 3.73. The van der Waals surface area contributed by atoms with Crippen molar-refractivity contribution in [3.8, 4) is 0 Å². The minimum Gasteiger partial charge on any atom is -0.384 e. The number of nitrogens with two attached hydrogens (primary N) is 1. The van der Waals surface area contributed by atoms with Crippen LogP contribution in [-0.4, -0.2) is 10.8 Å². The maximum absolute atomic E-state index is 7.42. The fraction of sp³-hybridized carbons (Fsp3) is 0.143. The molecule has 3 N–H and O–H groups in total. The van der Waals surface area contributed by atoms with Gasteiger partial charge in [0.05, 0.1) is 0 Å². The number of nitrogen functional groups attached to an aromatic ring is 1. The highest BCUT2D eigenvalue weighted by molar-refractivity contribution is 9.10. The van der Waals surface area contributed by atoms with Gasteiger partial charge in [0, 0.05) is 22.0 Å². The third-order valence-corrected chi connectivity index (χ3v) is 4.70. The standard InChI is InChI=1S/C14H14BrN3S/c1-9-7-10(13(16)17)4-5-11(9)8-19-14-12(15)3-2-6-18-14/h2-7H,8H2,1H3,(H3,16,17). The molecule has 0 aliphatic heterocycles. The summed E-state index contributed by atoms with van der Waals surface area (Å²) in [6.07, 6.45) is 1.79. The van der Waals surface area contributed by atoms with Crippen LogP contribution in [0.2, 0.25) is 0 Å². The number of thioether (sulfide) groups is 1. The average molecular weight is 336 g/mol. The zero-order valence-electron chi connectivity index (χ0n) is 10.5. The molecule has 1 aromatic carbocycles. The van der Waals surface area contributed by atoms with Crippen LogP contribution < -0.4 is 5.73 Å². The number of aromatic nitrogens is 1. The number of hydrogen-bond acceptors (Lipinski definition) is 3. The van der Waals surface area contributed by atoms with Gasteiger partial charge in [-0.15, -0.1) is 11.8 Å². The van der Waals surface area contributed by atoms with Gasteiger partial charge >= 0.3 is 0 Å². The Kier molecular flexibility index (Phi) is 4.61. The number of aryl methyl sites for hydroxylation is 1. The van der Waals surface area contributed by atoms with Crippen LogP contribution in [0.4, 0.5) is 0 Å². The monoisotopic (exact) mass is 335 g/mol. The quantitative estimate of drug-likeness (QED) is 0.508. The minimum atomic E-state index is 0.106. The van der Waals surface area contributed by atoms with Crippen molar-refractivity contribution in [2.45, 2.75) is 17.7 Å². The molecule has 0 aliphatic carbocycles. The molecule has 5 heteroatoms. The van der Waals surface area contributed by atoms with E-state index >= 15 is 0 Å². The van der Waals surface area contributed by atoms with Gasteiger partial charge in [-0.3, -0.25) is 5.41 Å². The number of amidine groups is 1. The second-order valence-corrected chi connectivity index (χ2v) is 5.95. The van der Waals surface area contributed by atoms with E-state index in [0.717, 1.165) is 26.4 Å². The van der Waals surface area contributed by atoms with E-state index in [0.29, 0.717) is 0 Å². The molecule has 1 heterocycles. The van der Waals surface area contributed by atoms with Crippen LogP contribution in [0.15, 0.2) is 46.0 Å². The summed E-state index contributed by atoms with van der Waals surface area (Å²) in [4.78, 5) is 4.33. The van der Waals surface area contributed by atoms with Crippen LogP contribution in [0.25, 0.3) is 0 Å². The Labute approximate surface area is 125 Å². The second-order valence-electron chi connectivity index (χ2n) is 4.13. The summed E-state index contributed by atoms with van der Waals surface area (Å²) in [5, 5.41) is 8.41. The molecule has 3 nitrogen and oxygen atoms in total. The third kappa shape index (κ3) is 3.58. The highest BCUT2D eigenvalue weighted by Gasteiger charge is 2.05. The summed E-state index contributed by atoms with van der Waals surface area (Å²) in [7, 11) is 0. The Morgan fingerprint density at radius 3 is 2.84 bits per heavy atom. The van der Waals surface area contributed by atoms with Crippen molar-refractivity contribution in [3.63, 3.8) is 0 Å². The topological polar surface area (TPSA) is 62.8 Å². The lowest BCUT2D eigenvalue weighted by molar-refractivity contribution is 1.11. The van der Waals surface area contributed by atoms with Crippen LogP contribution in [-0.2, 0) is 5.75 Å². The van der Waals surface area contributed by atoms with E-state index in [9.17, 15) is 0 Å². The Balaban J connectivity index is 2.12. The van der Waals surface area contributed by atoms with Gasteiger partial charge in [-0.1, -0.05) is 12.1 Å². The molecule has 0 unspecified atom stereocenters. The molecule has 0 radical (unpaired) electrons. The SMILES string of the molecule is Cc1cc(C(=N)N)ccc1CSc1ncccc1Br. The van der Waals surface area contributed by atoms with Crippen molar-refractivity contribution < 1.29 is 0 Å². The van der Waals surface area contributed by atoms with E-state index in [1.165, 1.54) is 5.56 Å². The van der Waals surface area contributed by atoms with Gasteiger partial charge in [0.2, 0.25) is 0 Å². The molecular weight excluding hydrogens is 322 g/mol. The number of hydrogen-bond donors (Lipinski definition) is 2. The molecule has 0 atom stereocenters. The summed E-state index contributed by atoms with van der Waals surface area (Å²) in [5.74, 6) is 0.953. The van der Waals surface area contributed by atoms with Crippen LogP contribution in [0.3, 0.4) is 0 Å². The van der Waals surface area contributed by atoms with Gasteiger partial charge in [0.1, 0.15) is 10.9 Å². The third-order valence-electron chi connectivity index (χ3n) is 2.74. The summed E-state index contributed by atoms with van der Waals surface area (Å²) in [6.45, 7) is 2.04. The lowest BCUT2D eigenvalue weighted by atomic mass is 10.1. The van der Waals surface area contributed by atoms with Crippen LogP contribution >= 0.6 is 27.7 Å². The molecule has 2 aromatic rings. The first-order valence-corrected chi connectivity index (χ1v) is 7.53. The molecule has 0 spiro atoms. The number of rotatable bonds is 4. The fourth-order valence-corrected chi connectivity index (χ4v) is 3.20. The van der Waals surface area contributed by atoms with Gasteiger partial charge < -0.3 is 5.73 Å². The van der Waals surface area contributed by atoms with Gasteiger partial charge in [0.25, 0.3) is 0 Å². The number of nitrogens with zero attached hydrogens (tertiary/aromatic N) is 1. The second kappa shape index (κ2) is 6.21. The van der Waals surface area contributed by atoms with Crippen LogP contribution in [0.1, 0.15) is 16.7 Å². The maximum Gasteiger partial charge on any atom is 0.122 e. The van der Waals surface area contributed by atoms with Crippen molar-refractivity contribution >= 4 is 33.5 Å². The van der Waals surface area contributed by atoms with Crippen LogP contribution in [0, 0.1) is 12.3 Å². The van der Waals surface area contributed by atoms with E-state index in [-0.39, 0.29) is 5.84 Å². The molecule has 19 heavy (non-hydrogen) atoms. The summed E-state index contributed by atoms with van der Waals surface area (Å²) in [5.41, 5.74) is 8.62. The molecular formula is C14H14BrN3S. The molecule has 0 bridgehead atoms. The van der Waals surface area contributed by atoms with Crippen molar-refractivity contribution in [2.24, 2.45) is 5.73 Å². The summed E-state index contributed by atoms with van der Waals surface area (Å²) < 4.78 is 1.01. The molecule has 0 saturated heterocycles. The molecule has 0 fully saturated rings. The highest BCUT2D eigenvalue weighted by atomic mass is 79.9. The molecule has 1 aromatic heterocycles. The molecule has 0 amide bonds. The first-order chi connectivity index (χ1) is 9.08. The van der Waals surface area contributed by atoms with Crippen LogP contribution in [0.5, 0.6) is 0 Å². The smallest absolute Gasteiger partial charge is 0.122 e. The Morgan fingerprint density at radius 2 is 2.21 bits per heavy atom. The molecule has 2 rings (SSSR count). The molecule has 0 saturated carbocycles. The van der Waals surface area contributed by atoms with Gasteiger partial charge in [-0.05, 0) is 52.2 Å². The first-order valence-electron chi connectivity index (χ1n) is 5.75. The van der Waals surface area contributed by atoms with E-state index in [4.69, 9.17) is 11.1 Å². The lowest BCUT2D eigenvalue weighted by Gasteiger charge is -2.08. The molecule has 0 aliphatic rings. The zero-order valence-corrected chi connectivity index (χ0v) is 12.9. The number of halogens is 1. The van der Waals surface area contributed by atoms with E-state index in [2.05, 4.69) is 20.9 Å². The van der Waals surface area contributed by atoms with E-state index in [1.54, 1.807) is 18.0 Å². The first kappa shape index (κ1) is 14.1. The van der Waals surface area contributed by atoms with Gasteiger partial charge in [-0.25, -0.2) is 4.98 Å². The molecule has 98 valence electrons. The highest BCUT2D eigenvalue weighted by Crippen LogP contribution is 2.28. The maximum atomic E-state index is 7.42. The minimum absolute atomic E-state index is 0.106. The Bertz CT molecular complexity index is 613.